The summed E-state index contributed by atoms with van der Waals surface area (Å²) in [5, 5.41) is 8.91. The van der Waals surface area contributed by atoms with Crippen LogP contribution in [0.15, 0.2) is 23.4 Å². The minimum atomic E-state index is -0.249. The fraction of sp³-hybridized carbons (Fsp3) is 0.333. The molecule has 0 amide bonds. The van der Waals surface area contributed by atoms with Crippen LogP contribution in [0.25, 0.3) is 0 Å². The van der Waals surface area contributed by atoms with E-state index < -0.39 is 0 Å². The number of halogens is 1. The Bertz CT molecular complexity index is 553. The number of nitrogens with two attached hydrogens (primary N) is 1. The summed E-state index contributed by atoms with van der Waals surface area (Å²) in [6, 6.07) is 5.02. The van der Waals surface area contributed by atoms with Gasteiger partial charge in [0.1, 0.15) is 11.6 Å². The summed E-state index contributed by atoms with van der Waals surface area (Å²) in [6.07, 6.45) is 0. The van der Waals surface area contributed by atoms with E-state index >= 15 is 0 Å². The van der Waals surface area contributed by atoms with Gasteiger partial charge in [0.05, 0.1) is 0 Å². The van der Waals surface area contributed by atoms with Crippen molar-refractivity contribution in [3.05, 3.63) is 41.0 Å². The van der Waals surface area contributed by atoms with Crippen molar-refractivity contribution in [3.63, 3.8) is 0 Å². The molecule has 2 N–H and O–H groups in total. The van der Waals surface area contributed by atoms with Crippen molar-refractivity contribution in [1.82, 2.24) is 14.8 Å². The molecule has 0 fully saturated rings. The van der Waals surface area contributed by atoms with E-state index in [4.69, 9.17) is 5.73 Å². The second-order valence-electron chi connectivity index (χ2n) is 4.01. The Hall–Kier alpha value is -1.40. The van der Waals surface area contributed by atoms with Crippen molar-refractivity contribution < 1.29 is 4.39 Å². The lowest BCUT2D eigenvalue weighted by molar-refractivity contribution is 0.610. The van der Waals surface area contributed by atoms with Crippen LogP contribution in [-0.4, -0.2) is 14.8 Å². The predicted octanol–water partition coefficient (Wildman–Crippen LogP) is 2.01. The smallest absolute Gasteiger partial charge is 0.191 e. The maximum absolute atomic E-state index is 13.3. The van der Waals surface area contributed by atoms with Gasteiger partial charge in [0.15, 0.2) is 5.16 Å². The van der Waals surface area contributed by atoms with Gasteiger partial charge in [-0.25, -0.2) is 4.39 Å². The molecule has 0 bridgehead atoms. The zero-order valence-electron chi connectivity index (χ0n) is 10.4. The van der Waals surface area contributed by atoms with Crippen LogP contribution in [0.4, 0.5) is 4.39 Å². The number of hydrogen-bond acceptors (Lipinski definition) is 4. The van der Waals surface area contributed by atoms with Crippen molar-refractivity contribution in [3.8, 4) is 0 Å². The molecule has 0 atom stereocenters. The topological polar surface area (TPSA) is 56.7 Å². The van der Waals surface area contributed by atoms with Crippen LogP contribution in [0, 0.1) is 12.7 Å². The van der Waals surface area contributed by atoms with Crippen LogP contribution in [0.3, 0.4) is 0 Å². The van der Waals surface area contributed by atoms with Gasteiger partial charge in [0.25, 0.3) is 0 Å². The zero-order chi connectivity index (χ0) is 13.1. The number of aryl methyl sites for hydroxylation is 1. The molecule has 0 saturated carbocycles. The Labute approximate surface area is 109 Å². The summed E-state index contributed by atoms with van der Waals surface area (Å²) in [7, 11) is 1.92. The lowest BCUT2D eigenvalue weighted by Gasteiger charge is -2.05. The lowest BCUT2D eigenvalue weighted by atomic mass is 10.1. The highest BCUT2D eigenvalue weighted by Gasteiger charge is 2.07. The van der Waals surface area contributed by atoms with Gasteiger partial charge in [0.2, 0.25) is 0 Å². The fourth-order valence-corrected chi connectivity index (χ4v) is 2.44. The molecule has 0 spiro atoms. The number of thioether (sulfide) groups is 1. The minimum Gasteiger partial charge on any atom is -0.326 e. The normalized spacial score (nSPS) is 10.9. The number of aromatic nitrogens is 3. The molecular weight excluding hydrogens is 251 g/mol. The van der Waals surface area contributed by atoms with Crippen molar-refractivity contribution >= 4 is 11.8 Å². The third-order valence-electron chi connectivity index (χ3n) is 2.75. The van der Waals surface area contributed by atoms with E-state index in [-0.39, 0.29) is 12.4 Å². The second-order valence-corrected chi connectivity index (χ2v) is 4.95. The van der Waals surface area contributed by atoms with E-state index in [2.05, 4.69) is 10.2 Å². The van der Waals surface area contributed by atoms with Gasteiger partial charge in [-0.1, -0.05) is 23.9 Å². The molecule has 1 aromatic heterocycles. The van der Waals surface area contributed by atoms with Crippen LogP contribution < -0.4 is 5.73 Å². The van der Waals surface area contributed by atoms with Crippen LogP contribution >= 0.6 is 11.8 Å². The quantitative estimate of drug-likeness (QED) is 0.860. The van der Waals surface area contributed by atoms with Crippen LogP contribution in [0.5, 0.6) is 0 Å². The van der Waals surface area contributed by atoms with Gasteiger partial charge in [0, 0.05) is 24.9 Å². The summed E-state index contributed by atoms with van der Waals surface area (Å²) < 4.78 is 15.2. The SMILES string of the molecule is Cc1nnc(SCc2ccc(F)c(CN)c2)n1C. The van der Waals surface area contributed by atoms with Gasteiger partial charge in [-0.3, -0.25) is 0 Å². The first-order valence-electron chi connectivity index (χ1n) is 5.58. The second kappa shape index (κ2) is 5.49. The monoisotopic (exact) mass is 266 g/mol. The molecule has 2 rings (SSSR count). The van der Waals surface area contributed by atoms with E-state index in [1.807, 2.05) is 18.5 Å². The predicted molar refractivity (Wildman–Crippen MR) is 69.6 cm³/mol. The molecular formula is C12H15FN4S. The fourth-order valence-electron chi connectivity index (χ4n) is 1.54. The summed E-state index contributed by atoms with van der Waals surface area (Å²) >= 11 is 1.57. The van der Waals surface area contributed by atoms with E-state index in [1.165, 1.54) is 6.07 Å². The largest absolute Gasteiger partial charge is 0.326 e. The van der Waals surface area contributed by atoms with Crippen molar-refractivity contribution in [2.24, 2.45) is 12.8 Å². The first-order valence-corrected chi connectivity index (χ1v) is 6.56. The molecule has 18 heavy (non-hydrogen) atoms. The first kappa shape index (κ1) is 13.0. The zero-order valence-corrected chi connectivity index (χ0v) is 11.2. The molecule has 6 heteroatoms. The maximum atomic E-state index is 13.3. The van der Waals surface area contributed by atoms with E-state index in [0.29, 0.717) is 5.56 Å². The van der Waals surface area contributed by atoms with Gasteiger partial charge >= 0.3 is 0 Å². The van der Waals surface area contributed by atoms with Crippen LogP contribution in [-0.2, 0) is 19.3 Å². The highest BCUT2D eigenvalue weighted by Crippen LogP contribution is 2.22. The lowest BCUT2D eigenvalue weighted by Crippen LogP contribution is -2.00. The van der Waals surface area contributed by atoms with Crippen LogP contribution in [0.2, 0.25) is 0 Å². The Kier molecular flexibility index (Phi) is 3.98. The van der Waals surface area contributed by atoms with Gasteiger partial charge in [-0.2, -0.15) is 0 Å². The first-order chi connectivity index (χ1) is 8.61. The molecule has 96 valence electrons. The van der Waals surface area contributed by atoms with Crippen molar-refractivity contribution in [1.29, 1.82) is 0 Å². The number of benzene rings is 1. The van der Waals surface area contributed by atoms with Gasteiger partial charge in [-0.15, -0.1) is 10.2 Å². The standard InChI is InChI=1S/C12H15FN4S/c1-8-15-16-12(17(8)2)18-7-9-3-4-11(13)10(5-9)6-14/h3-5H,6-7,14H2,1-2H3. The summed E-state index contributed by atoms with van der Waals surface area (Å²) in [6.45, 7) is 2.12. The average molecular weight is 266 g/mol. The van der Waals surface area contributed by atoms with Crippen molar-refractivity contribution in [2.75, 3.05) is 0 Å². The van der Waals surface area contributed by atoms with E-state index in [1.54, 1.807) is 23.9 Å². The number of hydrogen-bond donors (Lipinski definition) is 1. The molecule has 2 aromatic rings. The molecule has 0 unspecified atom stereocenters. The molecule has 0 aliphatic carbocycles. The Morgan fingerprint density at radius 2 is 2.17 bits per heavy atom. The summed E-state index contributed by atoms with van der Waals surface area (Å²) in [5.41, 5.74) is 7.05. The summed E-state index contributed by atoms with van der Waals surface area (Å²) in [5.74, 6) is 1.35. The van der Waals surface area contributed by atoms with Crippen molar-refractivity contribution in [2.45, 2.75) is 24.4 Å². The van der Waals surface area contributed by atoms with Gasteiger partial charge < -0.3 is 10.3 Å². The Morgan fingerprint density at radius 1 is 1.39 bits per heavy atom. The number of nitrogens with zero attached hydrogens (tertiary/aromatic N) is 3. The molecule has 0 radical (unpaired) electrons. The maximum Gasteiger partial charge on any atom is 0.191 e. The van der Waals surface area contributed by atoms with Gasteiger partial charge in [-0.05, 0) is 18.6 Å². The third-order valence-corrected chi connectivity index (χ3v) is 3.84. The molecule has 0 aliphatic rings. The Balaban J connectivity index is 2.08. The Morgan fingerprint density at radius 3 is 2.78 bits per heavy atom. The van der Waals surface area contributed by atoms with E-state index in [0.717, 1.165) is 22.3 Å². The average Bonchev–Trinajstić information content (AvgIpc) is 2.69. The summed E-state index contributed by atoms with van der Waals surface area (Å²) in [4.78, 5) is 0. The van der Waals surface area contributed by atoms with Crippen LogP contribution in [0.1, 0.15) is 17.0 Å². The molecule has 0 aliphatic heterocycles. The highest BCUT2D eigenvalue weighted by molar-refractivity contribution is 7.98. The molecule has 1 heterocycles. The van der Waals surface area contributed by atoms with E-state index in [9.17, 15) is 4.39 Å². The highest BCUT2D eigenvalue weighted by atomic mass is 32.2. The molecule has 0 saturated heterocycles. The number of rotatable bonds is 4. The minimum absolute atomic E-state index is 0.216. The third kappa shape index (κ3) is 2.70. The molecule has 1 aromatic carbocycles. The molecule has 4 nitrogen and oxygen atoms in total.